The van der Waals surface area contributed by atoms with E-state index in [2.05, 4.69) is 16.4 Å². The fraction of sp³-hybridized carbons (Fsp3) is 1.00. The van der Waals surface area contributed by atoms with Gasteiger partial charge in [-0.15, -0.1) is 8.78 Å². The summed E-state index contributed by atoms with van der Waals surface area (Å²) in [5, 5.41) is 0. The second kappa shape index (κ2) is 7.12. The molecule has 0 N–H and O–H groups in total. The van der Waals surface area contributed by atoms with Crippen molar-refractivity contribution in [2.24, 2.45) is 29.6 Å². The van der Waals surface area contributed by atoms with Crippen LogP contribution in [-0.4, -0.2) is 19.5 Å². The maximum absolute atomic E-state index is 12.9. The molecule has 3 rings (SSSR count). The van der Waals surface area contributed by atoms with Gasteiger partial charge in [0.05, 0.1) is 13.2 Å². The van der Waals surface area contributed by atoms with Gasteiger partial charge in [-0.25, -0.2) is 0 Å². The van der Waals surface area contributed by atoms with Gasteiger partial charge in [0, 0.05) is 5.92 Å². The average Bonchev–Trinajstić information content (AvgIpc) is 2.55. The van der Waals surface area contributed by atoms with Crippen molar-refractivity contribution in [2.75, 3.05) is 13.2 Å². The molecule has 3 fully saturated rings. The van der Waals surface area contributed by atoms with Crippen LogP contribution in [0.15, 0.2) is 0 Å². The van der Waals surface area contributed by atoms with Crippen LogP contribution in [0.4, 0.5) is 8.78 Å². The molecule has 0 unspecified atom stereocenters. The minimum atomic E-state index is -3.36. The minimum absolute atomic E-state index is 0.157. The van der Waals surface area contributed by atoms with Crippen LogP contribution in [0, 0.1) is 29.6 Å². The Balaban J connectivity index is 1.41. The van der Waals surface area contributed by atoms with Gasteiger partial charge in [0.15, 0.2) is 0 Å². The van der Waals surface area contributed by atoms with E-state index in [1.165, 1.54) is 57.8 Å². The van der Waals surface area contributed by atoms with E-state index >= 15 is 0 Å². The molecular weight excluding hydrogens is 286 g/mol. The fourth-order valence-electron chi connectivity index (χ4n) is 4.93. The summed E-state index contributed by atoms with van der Waals surface area (Å²) in [6.07, 6.45) is 8.53. The Labute approximate surface area is 132 Å². The first-order valence-electron chi connectivity index (χ1n) is 9.23. The van der Waals surface area contributed by atoms with Crippen LogP contribution in [0.3, 0.4) is 0 Å². The molecule has 2 aliphatic carbocycles. The zero-order valence-corrected chi connectivity index (χ0v) is 13.7. The normalized spacial score (nSPS) is 40.5. The third-order valence-electron chi connectivity index (χ3n) is 6.55. The third kappa shape index (κ3) is 4.00. The molecule has 0 radical (unpaired) electrons. The van der Waals surface area contributed by atoms with E-state index in [9.17, 15) is 8.78 Å². The Hall–Kier alpha value is -0.220. The van der Waals surface area contributed by atoms with Crippen molar-refractivity contribution in [3.8, 4) is 0 Å². The molecule has 0 spiro atoms. The van der Waals surface area contributed by atoms with Crippen molar-refractivity contribution in [1.29, 1.82) is 0 Å². The standard InChI is InChI=1S/C18H30F2O2/c1-2-13-3-5-14(6-4-13)15-7-9-16(10-8-15)17-11-21-18(19,20)22-12-17/h13-17H,2-12H2,1H3. The summed E-state index contributed by atoms with van der Waals surface area (Å²) in [6, 6.07) is 0. The van der Waals surface area contributed by atoms with Crippen molar-refractivity contribution >= 4 is 0 Å². The second-order valence-electron chi connectivity index (χ2n) is 7.71. The summed E-state index contributed by atoms with van der Waals surface area (Å²) < 4.78 is 34.8. The Morgan fingerprint density at radius 2 is 1.14 bits per heavy atom. The molecule has 0 bridgehead atoms. The number of halogens is 2. The van der Waals surface area contributed by atoms with Gasteiger partial charge in [0.2, 0.25) is 0 Å². The maximum atomic E-state index is 12.9. The van der Waals surface area contributed by atoms with E-state index in [0.29, 0.717) is 5.92 Å². The summed E-state index contributed by atoms with van der Waals surface area (Å²) in [6.45, 7) is 2.63. The molecule has 1 heterocycles. The highest BCUT2D eigenvalue weighted by atomic mass is 19.3. The first-order valence-corrected chi connectivity index (χ1v) is 9.23. The first-order chi connectivity index (χ1) is 10.6. The Bertz CT molecular complexity index is 335. The molecule has 4 heteroatoms. The summed E-state index contributed by atoms with van der Waals surface area (Å²) in [5.74, 6) is 3.44. The van der Waals surface area contributed by atoms with E-state index in [1.54, 1.807) is 0 Å². The van der Waals surface area contributed by atoms with Crippen molar-refractivity contribution < 1.29 is 18.3 Å². The van der Waals surface area contributed by atoms with Crippen LogP contribution in [0.1, 0.15) is 64.7 Å². The highest BCUT2D eigenvalue weighted by molar-refractivity contribution is 4.84. The van der Waals surface area contributed by atoms with E-state index < -0.39 is 6.29 Å². The number of alkyl halides is 2. The van der Waals surface area contributed by atoms with Gasteiger partial charge >= 0.3 is 6.29 Å². The van der Waals surface area contributed by atoms with Crippen molar-refractivity contribution in [3.05, 3.63) is 0 Å². The largest absolute Gasteiger partial charge is 0.485 e. The SMILES string of the molecule is CCC1CCC(C2CCC(C3COC(F)(F)OC3)CC2)CC1. The van der Waals surface area contributed by atoms with Crippen molar-refractivity contribution in [2.45, 2.75) is 71.0 Å². The quantitative estimate of drug-likeness (QED) is 0.710. The van der Waals surface area contributed by atoms with E-state index in [0.717, 1.165) is 17.8 Å². The van der Waals surface area contributed by atoms with Gasteiger partial charge in [-0.2, -0.15) is 0 Å². The maximum Gasteiger partial charge on any atom is 0.485 e. The van der Waals surface area contributed by atoms with Crippen LogP contribution in [0.2, 0.25) is 0 Å². The molecule has 2 nitrogen and oxygen atoms in total. The fourth-order valence-corrected chi connectivity index (χ4v) is 4.93. The lowest BCUT2D eigenvalue weighted by atomic mass is 9.67. The predicted molar refractivity (Wildman–Crippen MR) is 81.5 cm³/mol. The number of rotatable bonds is 3. The zero-order valence-electron chi connectivity index (χ0n) is 13.7. The average molecular weight is 316 g/mol. The highest BCUT2D eigenvalue weighted by Crippen LogP contribution is 2.44. The molecule has 1 aliphatic heterocycles. The first kappa shape index (κ1) is 16.6. The molecular formula is C18H30F2O2. The van der Waals surface area contributed by atoms with Crippen LogP contribution in [0.5, 0.6) is 0 Å². The van der Waals surface area contributed by atoms with Gasteiger partial charge in [0.1, 0.15) is 0 Å². The number of ether oxygens (including phenoxy) is 2. The molecule has 128 valence electrons. The van der Waals surface area contributed by atoms with Crippen LogP contribution in [-0.2, 0) is 9.47 Å². The monoisotopic (exact) mass is 316 g/mol. The zero-order chi connectivity index (χ0) is 15.6. The minimum Gasteiger partial charge on any atom is -0.295 e. The van der Waals surface area contributed by atoms with Gasteiger partial charge in [-0.05, 0) is 62.2 Å². The topological polar surface area (TPSA) is 18.5 Å². The second-order valence-corrected chi connectivity index (χ2v) is 7.71. The van der Waals surface area contributed by atoms with Crippen LogP contribution < -0.4 is 0 Å². The number of hydrogen-bond donors (Lipinski definition) is 0. The lowest BCUT2D eigenvalue weighted by molar-refractivity contribution is -0.423. The molecule has 0 aromatic carbocycles. The third-order valence-corrected chi connectivity index (χ3v) is 6.55. The smallest absolute Gasteiger partial charge is 0.295 e. The molecule has 0 aromatic rings. The van der Waals surface area contributed by atoms with Crippen LogP contribution in [0.25, 0.3) is 0 Å². The Kier molecular flexibility index (Phi) is 5.39. The highest BCUT2D eigenvalue weighted by Gasteiger charge is 2.41. The van der Waals surface area contributed by atoms with E-state index in [1.807, 2.05) is 0 Å². The van der Waals surface area contributed by atoms with Crippen molar-refractivity contribution in [3.63, 3.8) is 0 Å². The Morgan fingerprint density at radius 3 is 1.59 bits per heavy atom. The molecule has 0 aromatic heterocycles. The molecule has 0 amide bonds. The summed E-state index contributed by atoms with van der Waals surface area (Å²) in [5.41, 5.74) is 0. The summed E-state index contributed by atoms with van der Waals surface area (Å²) >= 11 is 0. The van der Waals surface area contributed by atoms with Crippen molar-refractivity contribution in [1.82, 2.24) is 0 Å². The predicted octanol–water partition coefficient (Wildman–Crippen LogP) is 5.22. The van der Waals surface area contributed by atoms with E-state index in [4.69, 9.17) is 0 Å². The summed E-state index contributed by atoms with van der Waals surface area (Å²) in [4.78, 5) is 0. The van der Waals surface area contributed by atoms with Gasteiger partial charge in [0.25, 0.3) is 0 Å². The molecule has 1 saturated heterocycles. The lowest BCUT2D eigenvalue weighted by Gasteiger charge is -2.40. The summed E-state index contributed by atoms with van der Waals surface area (Å²) in [7, 11) is 0. The number of hydrogen-bond acceptors (Lipinski definition) is 2. The van der Waals surface area contributed by atoms with E-state index in [-0.39, 0.29) is 19.1 Å². The van der Waals surface area contributed by atoms with Gasteiger partial charge in [-0.3, -0.25) is 9.47 Å². The molecule has 2 saturated carbocycles. The molecule has 3 aliphatic rings. The molecule has 0 atom stereocenters. The Morgan fingerprint density at radius 1 is 0.727 bits per heavy atom. The lowest BCUT2D eigenvalue weighted by Crippen LogP contribution is -2.41. The van der Waals surface area contributed by atoms with Gasteiger partial charge < -0.3 is 0 Å². The molecule has 22 heavy (non-hydrogen) atoms. The van der Waals surface area contributed by atoms with Crippen LogP contribution >= 0.6 is 0 Å². The van der Waals surface area contributed by atoms with Gasteiger partial charge in [-0.1, -0.05) is 26.2 Å².